The maximum atomic E-state index is 12.3. The molecule has 36 heavy (non-hydrogen) atoms. The third kappa shape index (κ3) is 4.02. The first-order valence-corrected chi connectivity index (χ1v) is 13.4. The monoisotopic (exact) mass is 488 g/mol. The number of nitrogens with one attached hydrogen (secondary N) is 2. The van der Waals surface area contributed by atoms with Crippen LogP contribution in [0.2, 0.25) is 0 Å². The van der Waals surface area contributed by atoms with E-state index in [9.17, 15) is 15.0 Å². The highest BCUT2D eigenvalue weighted by Gasteiger charge is 2.57. The van der Waals surface area contributed by atoms with Gasteiger partial charge >= 0.3 is 0 Å². The molecule has 1 aromatic carbocycles. The van der Waals surface area contributed by atoms with Crippen molar-refractivity contribution in [3.05, 3.63) is 75.3 Å². The Labute approximate surface area is 214 Å². The highest BCUT2D eigenvalue weighted by molar-refractivity contribution is 5.87. The second kappa shape index (κ2) is 9.44. The summed E-state index contributed by atoms with van der Waals surface area (Å²) >= 11 is 0. The Morgan fingerprint density at radius 3 is 2.69 bits per heavy atom. The molecule has 0 amide bonds. The lowest BCUT2D eigenvalue weighted by molar-refractivity contribution is -0.0354. The predicted octanol–water partition coefficient (Wildman–Crippen LogP) is 5.11. The Morgan fingerprint density at radius 1 is 1.14 bits per heavy atom. The van der Waals surface area contributed by atoms with Gasteiger partial charge in [-0.3, -0.25) is 4.79 Å². The first kappa shape index (κ1) is 25.2. The van der Waals surface area contributed by atoms with Gasteiger partial charge < -0.3 is 20.5 Å². The van der Waals surface area contributed by atoms with Crippen LogP contribution in [-0.2, 0) is 0 Å². The molecule has 5 nitrogen and oxygen atoms in total. The molecule has 192 valence electrons. The number of aromatic amines is 1. The topological polar surface area (TPSA) is 85.3 Å². The van der Waals surface area contributed by atoms with Crippen LogP contribution in [0.15, 0.2) is 64.1 Å². The van der Waals surface area contributed by atoms with E-state index >= 15 is 0 Å². The van der Waals surface area contributed by atoms with Gasteiger partial charge in [0.25, 0.3) is 5.56 Å². The number of fused-ring (bicyclic) bond motifs is 5. The van der Waals surface area contributed by atoms with Gasteiger partial charge in [-0.15, -0.1) is 0 Å². The van der Waals surface area contributed by atoms with Crippen molar-refractivity contribution in [3.8, 4) is 0 Å². The number of pyridine rings is 1. The van der Waals surface area contributed by atoms with Crippen molar-refractivity contribution in [2.24, 2.45) is 17.3 Å². The zero-order valence-electron chi connectivity index (χ0n) is 22.0. The van der Waals surface area contributed by atoms with Crippen LogP contribution in [0.3, 0.4) is 0 Å². The lowest BCUT2D eigenvalue weighted by atomic mass is 9.56. The second-order valence-corrected chi connectivity index (χ2v) is 11.6. The summed E-state index contributed by atoms with van der Waals surface area (Å²) in [5, 5.41) is 27.0. The number of allylic oxidation sites excluding steroid dienone is 3. The van der Waals surface area contributed by atoms with E-state index in [2.05, 4.69) is 48.4 Å². The summed E-state index contributed by atoms with van der Waals surface area (Å²) in [6, 6.07) is 8.09. The summed E-state index contributed by atoms with van der Waals surface area (Å²) in [4.78, 5) is 14.9. The molecule has 5 atom stereocenters. The number of aromatic nitrogens is 1. The molecule has 0 saturated heterocycles. The molecule has 4 aliphatic rings. The Balaban J connectivity index is 0.000000848. The van der Waals surface area contributed by atoms with Crippen LogP contribution in [0.1, 0.15) is 64.4 Å². The van der Waals surface area contributed by atoms with E-state index < -0.39 is 5.60 Å². The first-order chi connectivity index (χ1) is 17.2. The van der Waals surface area contributed by atoms with Gasteiger partial charge in [-0.25, -0.2) is 0 Å². The Kier molecular flexibility index (Phi) is 6.61. The van der Waals surface area contributed by atoms with E-state index in [1.165, 1.54) is 16.7 Å². The number of rotatable bonds is 1. The lowest BCUT2D eigenvalue weighted by Crippen LogP contribution is -2.49. The van der Waals surface area contributed by atoms with Crippen LogP contribution >= 0.6 is 0 Å². The fourth-order valence-electron chi connectivity index (χ4n) is 7.63. The largest absolute Gasteiger partial charge is 0.393 e. The molecule has 0 radical (unpaired) electrons. The van der Waals surface area contributed by atoms with E-state index in [4.69, 9.17) is 0 Å². The molecule has 0 bridgehead atoms. The Morgan fingerprint density at radius 2 is 1.92 bits per heavy atom. The fraction of sp³-hybridized carbons (Fsp3) is 0.516. The van der Waals surface area contributed by atoms with Crippen molar-refractivity contribution in [2.75, 3.05) is 14.1 Å². The van der Waals surface area contributed by atoms with Crippen molar-refractivity contribution in [1.29, 1.82) is 0 Å². The zero-order valence-corrected chi connectivity index (χ0v) is 22.0. The summed E-state index contributed by atoms with van der Waals surface area (Å²) in [5.41, 5.74) is 5.15. The maximum absolute atomic E-state index is 12.3. The maximum Gasteiger partial charge on any atom is 0.255 e. The van der Waals surface area contributed by atoms with Gasteiger partial charge in [-0.1, -0.05) is 36.3 Å². The first-order valence-electron chi connectivity index (χ1n) is 13.4. The summed E-state index contributed by atoms with van der Waals surface area (Å²) < 4.78 is 0. The van der Waals surface area contributed by atoms with Gasteiger partial charge in [-0.05, 0) is 112 Å². The molecule has 6 rings (SSSR count). The summed E-state index contributed by atoms with van der Waals surface area (Å²) in [6.07, 6.45) is 12.3. The summed E-state index contributed by atoms with van der Waals surface area (Å²) in [7, 11) is 3.75. The summed E-state index contributed by atoms with van der Waals surface area (Å²) in [6.45, 7) is 4.51. The minimum absolute atomic E-state index is 0.0583. The van der Waals surface area contributed by atoms with Gasteiger partial charge in [0.15, 0.2) is 0 Å². The van der Waals surface area contributed by atoms with Crippen molar-refractivity contribution in [2.45, 2.75) is 70.5 Å². The van der Waals surface area contributed by atoms with Crippen molar-refractivity contribution in [3.63, 3.8) is 0 Å². The third-order valence-electron chi connectivity index (χ3n) is 9.21. The van der Waals surface area contributed by atoms with Crippen LogP contribution in [0.25, 0.3) is 16.3 Å². The molecule has 1 fully saturated rings. The lowest BCUT2D eigenvalue weighted by Gasteiger charge is -2.50. The van der Waals surface area contributed by atoms with E-state index in [1.807, 2.05) is 26.2 Å². The number of benzene rings is 1. The van der Waals surface area contributed by atoms with Crippen LogP contribution < -0.4 is 10.9 Å². The molecule has 1 aromatic heterocycles. The predicted molar refractivity (Wildman–Crippen MR) is 147 cm³/mol. The molecule has 0 aliphatic heterocycles. The fourth-order valence-corrected chi connectivity index (χ4v) is 7.63. The number of hydrogen-bond donors (Lipinski definition) is 4. The Hall–Kier alpha value is -2.47. The van der Waals surface area contributed by atoms with Gasteiger partial charge in [0.1, 0.15) is 0 Å². The Bertz CT molecular complexity index is 1320. The van der Waals surface area contributed by atoms with Crippen molar-refractivity contribution in [1.82, 2.24) is 10.3 Å². The second-order valence-electron chi connectivity index (χ2n) is 11.6. The molecule has 5 heteroatoms. The SMILES string of the molecule is CC1=C2C=C3CC(O)CCC3CC[C@]2(O)C2CC=C(c3ccc4c(=O)[nH]ccc4c3)C2(C)C1.CNC. The highest BCUT2D eigenvalue weighted by atomic mass is 16.3. The van der Waals surface area contributed by atoms with Crippen LogP contribution in [0, 0.1) is 17.3 Å². The minimum Gasteiger partial charge on any atom is -0.393 e. The van der Waals surface area contributed by atoms with Gasteiger partial charge in [0.2, 0.25) is 0 Å². The molecule has 1 saturated carbocycles. The molecule has 1 heterocycles. The molecule has 2 aromatic rings. The highest BCUT2D eigenvalue weighted by Crippen LogP contribution is 2.62. The number of hydrogen-bond acceptors (Lipinski definition) is 4. The quantitative estimate of drug-likeness (QED) is 0.450. The molecule has 4 N–H and O–H groups in total. The third-order valence-corrected chi connectivity index (χ3v) is 9.21. The number of aliphatic hydroxyl groups is 2. The van der Waals surface area contributed by atoms with Crippen LogP contribution in [0.4, 0.5) is 0 Å². The molecule has 4 aliphatic carbocycles. The average molecular weight is 489 g/mol. The minimum atomic E-state index is -0.835. The molecule has 4 unspecified atom stereocenters. The van der Waals surface area contributed by atoms with Gasteiger partial charge in [0, 0.05) is 22.9 Å². The normalized spacial score (nSPS) is 33.4. The van der Waals surface area contributed by atoms with E-state index in [-0.39, 0.29) is 23.0 Å². The van der Waals surface area contributed by atoms with Gasteiger partial charge in [-0.2, -0.15) is 0 Å². The van der Waals surface area contributed by atoms with E-state index in [0.717, 1.165) is 61.5 Å². The molecular weight excluding hydrogens is 448 g/mol. The zero-order chi connectivity index (χ0) is 25.7. The number of aliphatic hydroxyl groups excluding tert-OH is 1. The summed E-state index contributed by atoms with van der Waals surface area (Å²) in [5.74, 6) is 0.623. The number of H-pyrrole nitrogens is 1. The molecular formula is C31H40N2O3. The van der Waals surface area contributed by atoms with E-state index in [0.29, 0.717) is 11.3 Å². The van der Waals surface area contributed by atoms with Crippen molar-refractivity contribution < 1.29 is 10.2 Å². The van der Waals surface area contributed by atoms with Crippen molar-refractivity contribution >= 4 is 16.3 Å². The van der Waals surface area contributed by atoms with Gasteiger partial charge in [0.05, 0.1) is 11.7 Å². The van der Waals surface area contributed by atoms with Crippen LogP contribution in [-0.4, -0.2) is 41.0 Å². The van der Waals surface area contributed by atoms with E-state index in [1.54, 1.807) is 6.20 Å². The standard InChI is InChI=1S/C29H33NO3.C2H7N/c1-17-16-28(2)24(20-4-6-23-19(13-20)10-12-30-27(23)32)7-8-26(28)29(33)11-9-18-3-5-22(31)14-21(18)15-25(17)29;1-3-2/h4,6-7,10,12-13,15,18,22,26,31,33H,3,5,8-9,11,14,16H2,1-2H3,(H,30,32);3H,1-2H3/t18?,22?,26?,28?,29-;/m1./s1. The smallest absolute Gasteiger partial charge is 0.255 e. The molecule has 0 spiro atoms. The van der Waals surface area contributed by atoms with Crippen LogP contribution in [0.5, 0.6) is 0 Å². The average Bonchev–Trinajstić information content (AvgIpc) is 3.11.